The van der Waals surface area contributed by atoms with Gasteiger partial charge in [-0.25, -0.2) is 14.3 Å². The predicted molar refractivity (Wildman–Crippen MR) is 106 cm³/mol. The number of benzene rings is 1. The molecule has 1 saturated heterocycles. The number of aromatic nitrogens is 3. The molecule has 1 fully saturated rings. The Kier molecular flexibility index (Phi) is 4.87. The summed E-state index contributed by atoms with van der Waals surface area (Å²) in [7, 11) is 0. The molecule has 1 atom stereocenters. The second-order valence-corrected chi connectivity index (χ2v) is 7.06. The molecule has 3 aromatic rings. The molecule has 0 bridgehead atoms. The molecule has 0 saturated carbocycles. The van der Waals surface area contributed by atoms with Crippen molar-refractivity contribution < 1.29 is 14.6 Å². The number of hydrogen-bond acceptors (Lipinski definition) is 5. The lowest BCUT2D eigenvalue weighted by atomic mass is 10.0. The van der Waals surface area contributed by atoms with Crippen LogP contribution in [0.25, 0.3) is 16.8 Å². The second-order valence-electron chi connectivity index (χ2n) is 7.06. The summed E-state index contributed by atoms with van der Waals surface area (Å²) in [5, 5.41) is 15.6. The first-order valence-corrected chi connectivity index (χ1v) is 9.28. The number of ether oxygens (including phenoxy) is 1. The van der Waals surface area contributed by atoms with Gasteiger partial charge in [-0.1, -0.05) is 12.1 Å². The predicted octanol–water partition coefficient (Wildman–Crippen LogP) is 2.70. The summed E-state index contributed by atoms with van der Waals surface area (Å²) < 4.78 is 7.49. The fraction of sp³-hybridized carbons (Fsp3) is 0.350. The number of nitrogens with one attached hydrogen (secondary N) is 1. The third kappa shape index (κ3) is 3.63. The van der Waals surface area contributed by atoms with Crippen LogP contribution in [0.1, 0.15) is 18.1 Å². The molecule has 2 aromatic heterocycles. The van der Waals surface area contributed by atoms with Gasteiger partial charge in [0.25, 0.3) is 0 Å². The lowest BCUT2D eigenvalue weighted by Gasteiger charge is -2.31. The van der Waals surface area contributed by atoms with E-state index < -0.39 is 6.09 Å². The summed E-state index contributed by atoms with van der Waals surface area (Å²) in [6.07, 6.45) is 2.76. The molecule has 8 heteroatoms. The second kappa shape index (κ2) is 7.47. The van der Waals surface area contributed by atoms with E-state index in [2.05, 4.69) is 33.3 Å². The number of carbonyl (C=O) groups is 1. The molecule has 1 aromatic carbocycles. The molecule has 3 heterocycles. The molecule has 0 aliphatic carbocycles. The zero-order valence-electron chi connectivity index (χ0n) is 15.9. The fourth-order valence-corrected chi connectivity index (χ4v) is 3.58. The van der Waals surface area contributed by atoms with E-state index in [0.29, 0.717) is 0 Å². The molecule has 2 N–H and O–H groups in total. The van der Waals surface area contributed by atoms with E-state index in [4.69, 9.17) is 9.84 Å². The number of anilines is 1. The highest BCUT2D eigenvalue weighted by Crippen LogP contribution is 2.28. The van der Waals surface area contributed by atoms with Crippen LogP contribution in [0, 0.1) is 6.92 Å². The van der Waals surface area contributed by atoms with Crippen LogP contribution in [0.2, 0.25) is 0 Å². The van der Waals surface area contributed by atoms with Gasteiger partial charge >= 0.3 is 6.09 Å². The van der Waals surface area contributed by atoms with Crippen LogP contribution in [0.4, 0.5) is 10.5 Å². The van der Waals surface area contributed by atoms with Crippen molar-refractivity contribution >= 4 is 17.3 Å². The van der Waals surface area contributed by atoms with Gasteiger partial charge in [-0.15, -0.1) is 0 Å². The number of fused-ring (bicyclic) bond motifs is 1. The van der Waals surface area contributed by atoms with Gasteiger partial charge < -0.3 is 20.1 Å². The van der Waals surface area contributed by atoms with Gasteiger partial charge in [0.05, 0.1) is 35.8 Å². The normalized spacial score (nSPS) is 17.1. The van der Waals surface area contributed by atoms with Crippen LogP contribution in [0.3, 0.4) is 0 Å². The number of nitrogens with zero attached hydrogens (tertiary/aromatic N) is 4. The van der Waals surface area contributed by atoms with Crippen LogP contribution >= 0.6 is 0 Å². The van der Waals surface area contributed by atoms with Crippen molar-refractivity contribution in [2.45, 2.75) is 26.5 Å². The number of rotatable bonds is 4. The van der Waals surface area contributed by atoms with Gasteiger partial charge in [-0.05, 0) is 37.1 Å². The minimum absolute atomic E-state index is 0.205. The van der Waals surface area contributed by atoms with E-state index in [9.17, 15) is 4.79 Å². The van der Waals surface area contributed by atoms with E-state index in [1.807, 2.05) is 35.8 Å². The quantitative estimate of drug-likeness (QED) is 0.722. The van der Waals surface area contributed by atoms with Crippen LogP contribution in [0.5, 0.6) is 0 Å². The topological polar surface area (TPSA) is 92.0 Å². The zero-order chi connectivity index (χ0) is 19.7. The maximum Gasteiger partial charge on any atom is 0.404 e. The highest BCUT2D eigenvalue weighted by atomic mass is 16.5. The van der Waals surface area contributed by atoms with Crippen LogP contribution < -0.4 is 10.2 Å². The fourth-order valence-electron chi connectivity index (χ4n) is 3.58. The van der Waals surface area contributed by atoms with Gasteiger partial charge in [0.2, 0.25) is 0 Å². The third-order valence-corrected chi connectivity index (χ3v) is 5.04. The van der Waals surface area contributed by atoms with Crippen molar-refractivity contribution in [2.75, 3.05) is 24.6 Å². The first-order valence-electron chi connectivity index (χ1n) is 9.28. The monoisotopic (exact) mass is 381 g/mol. The summed E-state index contributed by atoms with van der Waals surface area (Å²) in [5.41, 5.74) is 5.82. The SMILES string of the molecule is Cc1cc(-c2ncnn3cc(N4CCOC(C)C4)cc23)ccc1CNC(=O)O. The van der Waals surface area contributed by atoms with Gasteiger partial charge in [0.1, 0.15) is 6.33 Å². The largest absolute Gasteiger partial charge is 0.465 e. The van der Waals surface area contributed by atoms with Gasteiger partial charge in [0, 0.05) is 25.2 Å². The summed E-state index contributed by atoms with van der Waals surface area (Å²) in [6, 6.07) is 8.05. The van der Waals surface area contributed by atoms with Crippen molar-refractivity contribution in [3.8, 4) is 11.3 Å². The lowest BCUT2D eigenvalue weighted by Crippen LogP contribution is -2.40. The zero-order valence-corrected chi connectivity index (χ0v) is 15.9. The van der Waals surface area contributed by atoms with E-state index >= 15 is 0 Å². The summed E-state index contributed by atoms with van der Waals surface area (Å²) in [5.74, 6) is 0. The standard InChI is InChI=1S/C20H23N5O3/c1-13-7-15(3-4-16(13)9-21-20(26)27)19-18-8-17(11-25(18)23-12-22-19)24-5-6-28-14(2)10-24/h3-4,7-8,11-12,14,21H,5-6,9-10H2,1-2H3,(H,26,27). The van der Waals surface area contributed by atoms with E-state index in [0.717, 1.165) is 53.3 Å². The van der Waals surface area contributed by atoms with E-state index in [1.54, 1.807) is 6.33 Å². The summed E-state index contributed by atoms with van der Waals surface area (Å²) in [6.45, 7) is 6.76. The average molecular weight is 381 g/mol. The Hall–Kier alpha value is -3.13. The number of aryl methyl sites for hydroxylation is 1. The Morgan fingerprint density at radius 1 is 1.39 bits per heavy atom. The first kappa shape index (κ1) is 18.2. The van der Waals surface area contributed by atoms with Crippen molar-refractivity contribution in [3.63, 3.8) is 0 Å². The Labute approximate surface area is 162 Å². The Bertz CT molecular complexity index is 1020. The number of hydrogen-bond donors (Lipinski definition) is 2. The molecule has 1 amide bonds. The number of carboxylic acid groups (broad SMARTS) is 1. The maximum absolute atomic E-state index is 10.7. The van der Waals surface area contributed by atoms with Crippen LogP contribution in [-0.2, 0) is 11.3 Å². The maximum atomic E-state index is 10.7. The smallest absolute Gasteiger partial charge is 0.404 e. The molecule has 1 unspecified atom stereocenters. The number of morpholine rings is 1. The van der Waals surface area contributed by atoms with E-state index in [1.165, 1.54) is 0 Å². The third-order valence-electron chi connectivity index (χ3n) is 5.04. The highest BCUT2D eigenvalue weighted by molar-refractivity contribution is 5.80. The van der Waals surface area contributed by atoms with Crippen molar-refractivity contribution in [1.29, 1.82) is 0 Å². The van der Waals surface area contributed by atoms with Crippen LogP contribution in [-0.4, -0.2) is 51.6 Å². The van der Waals surface area contributed by atoms with Crippen molar-refractivity contribution in [2.24, 2.45) is 0 Å². The minimum Gasteiger partial charge on any atom is -0.465 e. The minimum atomic E-state index is -1.03. The molecule has 1 aliphatic rings. The molecule has 0 spiro atoms. The first-order chi connectivity index (χ1) is 13.5. The van der Waals surface area contributed by atoms with Crippen LogP contribution in [0.15, 0.2) is 36.8 Å². The molecule has 0 radical (unpaired) electrons. The van der Waals surface area contributed by atoms with Gasteiger partial charge in [-0.2, -0.15) is 5.10 Å². The molecule has 28 heavy (non-hydrogen) atoms. The highest BCUT2D eigenvalue weighted by Gasteiger charge is 2.19. The molecule has 4 rings (SSSR count). The number of amides is 1. The Balaban J connectivity index is 1.67. The Morgan fingerprint density at radius 3 is 3.00 bits per heavy atom. The van der Waals surface area contributed by atoms with Crippen molar-refractivity contribution in [1.82, 2.24) is 19.9 Å². The molecule has 1 aliphatic heterocycles. The van der Waals surface area contributed by atoms with Gasteiger partial charge in [0.15, 0.2) is 0 Å². The summed E-state index contributed by atoms with van der Waals surface area (Å²) in [4.78, 5) is 17.5. The Morgan fingerprint density at radius 2 is 2.25 bits per heavy atom. The van der Waals surface area contributed by atoms with Gasteiger partial charge in [-0.3, -0.25) is 0 Å². The molecule has 8 nitrogen and oxygen atoms in total. The summed E-state index contributed by atoms with van der Waals surface area (Å²) >= 11 is 0. The molecule has 146 valence electrons. The van der Waals surface area contributed by atoms with E-state index in [-0.39, 0.29) is 12.6 Å². The molecular weight excluding hydrogens is 358 g/mol. The average Bonchev–Trinajstić information content (AvgIpc) is 3.11. The lowest BCUT2D eigenvalue weighted by molar-refractivity contribution is 0.0532. The molecular formula is C20H23N5O3. The van der Waals surface area contributed by atoms with Crippen molar-refractivity contribution in [3.05, 3.63) is 47.9 Å².